The number of rotatable bonds is 4. The van der Waals surface area contributed by atoms with Crippen LogP contribution in [0.3, 0.4) is 0 Å². The number of carbonyl (C=O) groups excluding carboxylic acids is 1. The first-order valence-electron chi connectivity index (χ1n) is 7.78. The summed E-state index contributed by atoms with van der Waals surface area (Å²) in [6.45, 7) is 2.96. The van der Waals surface area contributed by atoms with E-state index >= 15 is 0 Å². The fourth-order valence-electron chi connectivity index (χ4n) is 2.65. The van der Waals surface area contributed by atoms with Gasteiger partial charge in [-0.3, -0.25) is 4.79 Å². The highest BCUT2D eigenvalue weighted by atomic mass is 35.5. The second kappa shape index (κ2) is 7.77. The first kappa shape index (κ1) is 16.9. The molecule has 0 unspecified atom stereocenters. The number of ether oxygens (including phenoxy) is 1. The Kier molecular flexibility index (Phi) is 5.48. The smallest absolute Gasteiger partial charge is 0.260 e. The number of nitrogens with zero attached hydrogens (tertiary/aromatic N) is 2. The molecule has 1 aliphatic rings. The third kappa shape index (κ3) is 4.34. The Morgan fingerprint density at radius 1 is 0.958 bits per heavy atom. The number of anilines is 1. The van der Waals surface area contributed by atoms with Gasteiger partial charge in [0.1, 0.15) is 5.75 Å². The molecule has 0 N–H and O–H groups in total. The van der Waals surface area contributed by atoms with Crippen molar-refractivity contribution in [3.63, 3.8) is 0 Å². The van der Waals surface area contributed by atoms with E-state index in [1.54, 1.807) is 24.3 Å². The predicted octanol–water partition coefficient (Wildman–Crippen LogP) is 3.72. The van der Waals surface area contributed by atoms with Crippen molar-refractivity contribution in [2.24, 2.45) is 0 Å². The highest BCUT2D eigenvalue weighted by Gasteiger charge is 2.21. The van der Waals surface area contributed by atoms with E-state index in [2.05, 4.69) is 4.90 Å². The van der Waals surface area contributed by atoms with Gasteiger partial charge < -0.3 is 14.5 Å². The molecule has 126 valence electrons. The van der Waals surface area contributed by atoms with Crippen LogP contribution < -0.4 is 9.64 Å². The Balaban J connectivity index is 1.49. The lowest BCUT2D eigenvalue weighted by atomic mass is 10.2. The summed E-state index contributed by atoms with van der Waals surface area (Å²) in [6.07, 6.45) is 0. The molecular weight excluding hydrogens is 347 g/mol. The molecule has 1 fully saturated rings. The molecule has 0 aliphatic carbocycles. The monoisotopic (exact) mass is 364 g/mol. The van der Waals surface area contributed by atoms with Crippen molar-refractivity contribution >= 4 is 34.8 Å². The maximum Gasteiger partial charge on any atom is 0.260 e. The lowest BCUT2D eigenvalue weighted by Crippen LogP contribution is -2.50. The number of hydrogen-bond acceptors (Lipinski definition) is 3. The molecule has 1 saturated heterocycles. The average molecular weight is 365 g/mol. The number of piperazine rings is 1. The molecule has 3 rings (SSSR count). The Labute approximate surface area is 151 Å². The van der Waals surface area contributed by atoms with Gasteiger partial charge in [0.05, 0.1) is 0 Å². The van der Waals surface area contributed by atoms with Gasteiger partial charge in [0.15, 0.2) is 6.61 Å². The summed E-state index contributed by atoms with van der Waals surface area (Å²) in [5.74, 6) is 0.640. The van der Waals surface area contributed by atoms with Gasteiger partial charge in [0.25, 0.3) is 5.91 Å². The van der Waals surface area contributed by atoms with Crippen LogP contribution >= 0.6 is 23.2 Å². The van der Waals surface area contributed by atoms with E-state index < -0.39 is 0 Å². The van der Waals surface area contributed by atoms with Crippen LogP contribution in [0.4, 0.5) is 5.69 Å². The van der Waals surface area contributed by atoms with Gasteiger partial charge in [-0.05, 0) is 42.5 Å². The molecule has 1 amide bonds. The van der Waals surface area contributed by atoms with Crippen LogP contribution in [0.1, 0.15) is 0 Å². The second-order valence-corrected chi connectivity index (χ2v) is 6.46. The quantitative estimate of drug-likeness (QED) is 0.828. The molecule has 1 heterocycles. The van der Waals surface area contributed by atoms with Crippen molar-refractivity contribution in [1.82, 2.24) is 4.90 Å². The number of halogens is 2. The van der Waals surface area contributed by atoms with Crippen LogP contribution in [0, 0.1) is 0 Å². The highest BCUT2D eigenvalue weighted by molar-refractivity contribution is 6.31. The third-order valence-corrected chi connectivity index (χ3v) is 4.47. The lowest BCUT2D eigenvalue weighted by Gasteiger charge is -2.36. The molecule has 24 heavy (non-hydrogen) atoms. The normalized spacial score (nSPS) is 14.6. The minimum atomic E-state index is -0.00399. The zero-order chi connectivity index (χ0) is 16.9. The van der Waals surface area contributed by atoms with Crippen molar-refractivity contribution in [2.75, 3.05) is 37.7 Å². The first-order valence-corrected chi connectivity index (χ1v) is 8.54. The molecule has 0 spiro atoms. The van der Waals surface area contributed by atoms with Crippen LogP contribution in [0.2, 0.25) is 10.0 Å². The molecule has 0 bridgehead atoms. The zero-order valence-corrected chi connectivity index (χ0v) is 14.6. The van der Waals surface area contributed by atoms with E-state index in [1.807, 2.05) is 29.2 Å². The Morgan fingerprint density at radius 3 is 2.33 bits per heavy atom. The summed E-state index contributed by atoms with van der Waals surface area (Å²) < 4.78 is 5.52. The number of amides is 1. The molecule has 2 aromatic rings. The summed E-state index contributed by atoms with van der Waals surface area (Å²) in [4.78, 5) is 16.3. The van der Waals surface area contributed by atoms with Crippen LogP contribution in [0.15, 0.2) is 48.5 Å². The number of carbonyl (C=O) groups is 1. The van der Waals surface area contributed by atoms with Crippen LogP contribution in [0.5, 0.6) is 5.75 Å². The standard InChI is InChI=1S/C18H18Cl2N2O2/c19-14-4-6-17(7-5-14)24-13-18(23)22-10-8-21(9-11-22)16-3-1-2-15(20)12-16/h1-7,12H,8-11,13H2. The summed E-state index contributed by atoms with van der Waals surface area (Å²) in [5, 5.41) is 1.37. The average Bonchev–Trinajstić information content (AvgIpc) is 2.61. The van der Waals surface area contributed by atoms with Gasteiger partial charge in [0, 0.05) is 41.9 Å². The van der Waals surface area contributed by atoms with Crippen molar-refractivity contribution in [1.29, 1.82) is 0 Å². The molecule has 0 atom stereocenters. The van der Waals surface area contributed by atoms with Gasteiger partial charge in [-0.25, -0.2) is 0 Å². The van der Waals surface area contributed by atoms with E-state index in [9.17, 15) is 4.79 Å². The Bertz CT molecular complexity index is 698. The molecule has 0 saturated carbocycles. The molecule has 6 heteroatoms. The van der Waals surface area contributed by atoms with Crippen LogP contribution in [0.25, 0.3) is 0 Å². The number of benzene rings is 2. The minimum absolute atomic E-state index is 0.00399. The van der Waals surface area contributed by atoms with E-state index in [0.717, 1.165) is 23.8 Å². The van der Waals surface area contributed by atoms with Crippen molar-refractivity contribution in [2.45, 2.75) is 0 Å². The van der Waals surface area contributed by atoms with Gasteiger partial charge in [0.2, 0.25) is 0 Å². The van der Waals surface area contributed by atoms with E-state index in [4.69, 9.17) is 27.9 Å². The van der Waals surface area contributed by atoms with Crippen molar-refractivity contribution in [3.05, 3.63) is 58.6 Å². The molecule has 0 radical (unpaired) electrons. The summed E-state index contributed by atoms with van der Waals surface area (Å²) in [6, 6.07) is 14.8. The van der Waals surface area contributed by atoms with Crippen LogP contribution in [-0.2, 0) is 4.79 Å². The maximum atomic E-state index is 12.3. The van der Waals surface area contributed by atoms with E-state index in [-0.39, 0.29) is 12.5 Å². The topological polar surface area (TPSA) is 32.8 Å². The summed E-state index contributed by atoms with van der Waals surface area (Å²) >= 11 is 11.9. The van der Waals surface area contributed by atoms with E-state index in [0.29, 0.717) is 23.9 Å². The molecule has 2 aromatic carbocycles. The molecular formula is C18H18Cl2N2O2. The SMILES string of the molecule is O=C(COc1ccc(Cl)cc1)N1CCN(c2cccc(Cl)c2)CC1. The lowest BCUT2D eigenvalue weighted by molar-refractivity contribution is -0.133. The second-order valence-electron chi connectivity index (χ2n) is 5.59. The summed E-state index contributed by atoms with van der Waals surface area (Å²) in [7, 11) is 0. The highest BCUT2D eigenvalue weighted by Crippen LogP contribution is 2.21. The van der Waals surface area contributed by atoms with Gasteiger partial charge in [-0.1, -0.05) is 29.3 Å². The fraction of sp³-hybridized carbons (Fsp3) is 0.278. The Hall–Kier alpha value is -1.91. The Morgan fingerprint density at radius 2 is 1.67 bits per heavy atom. The molecule has 1 aliphatic heterocycles. The zero-order valence-electron chi connectivity index (χ0n) is 13.1. The molecule has 4 nitrogen and oxygen atoms in total. The van der Waals surface area contributed by atoms with Crippen LogP contribution in [-0.4, -0.2) is 43.6 Å². The minimum Gasteiger partial charge on any atom is -0.484 e. The van der Waals surface area contributed by atoms with Gasteiger partial charge in [-0.2, -0.15) is 0 Å². The van der Waals surface area contributed by atoms with Gasteiger partial charge in [-0.15, -0.1) is 0 Å². The third-order valence-electron chi connectivity index (χ3n) is 3.98. The first-order chi connectivity index (χ1) is 11.6. The number of hydrogen-bond donors (Lipinski definition) is 0. The predicted molar refractivity (Wildman–Crippen MR) is 97.2 cm³/mol. The molecule has 0 aromatic heterocycles. The maximum absolute atomic E-state index is 12.3. The summed E-state index contributed by atoms with van der Waals surface area (Å²) in [5.41, 5.74) is 1.09. The largest absolute Gasteiger partial charge is 0.484 e. The van der Waals surface area contributed by atoms with Gasteiger partial charge >= 0.3 is 0 Å². The van der Waals surface area contributed by atoms with Crippen molar-refractivity contribution in [3.8, 4) is 5.75 Å². The van der Waals surface area contributed by atoms with Crippen molar-refractivity contribution < 1.29 is 9.53 Å². The van der Waals surface area contributed by atoms with E-state index in [1.165, 1.54) is 0 Å². The fourth-order valence-corrected chi connectivity index (χ4v) is 2.96.